The van der Waals surface area contributed by atoms with Crippen molar-refractivity contribution in [2.45, 2.75) is 31.7 Å². The lowest BCUT2D eigenvalue weighted by Gasteiger charge is -2.43. The summed E-state index contributed by atoms with van der Waals surface area (Å²) < 4.78 is 0. The molecule has 2 N–H and O–H groups in total. The van der Waals surface area contributed by atoms with Crippen LogP contribution in [0, 0.1) is 0 Å². The standard InChI is InChI=1S/C14H21ClN2/c1-14(11-16,17-9-5-2-6-10-17)12-7-3-4-8-13(12)15/h3-4,7-8H,2,5-6,9-11,16H2,1H3/t14-/m0/s1. The van der Waals surface area contributed by atoms with Gasteiger partial charge in [0.2, 0.25) is 0 Å². The molecule has 1 aliphatic rings. The first kappa shape index (κ1) is 12.9. The zero-order valence-corrected chi connectivity index (χ0v) is 11.2. The van der Waals surface area contributed by atoms with Gasteiger partial charge in [0.05, 0.1) is 5.54 Å². The molecular formula is C14H21ClN2. The van der Waals surface area contributed by atoms with Crippen LogP contribution in [0.2, 0.25) is 5.02 Å². The van der Waals surface area contributed by atoms with Crippen molar-refractivity contribution >= 4 is 11.6 Å². The Morgan fingerprint density at radius 1 is 1.24 bits per heavy atom. The number of hydrogen-bond acceptors (Lipinski definition) is 2. The highest BCUT2D eigenvalue weighted by Crippen LogP contribution is 2.34. The van der Waals surface area contributed by atoms with Crippen LogP contribution in [0.15, 0.2) is 24.3 Å². The van der Waals surface area contributed by atoms with Crippen LogP contribution in [0.3, 0.4) is 0 Å². The number of nitrogens with zero attached hydrogens (tertiary/aromatic N) is 1. The summed E-state index contributed by atoms with van der Waals surface area (Å²) in [5, 5.41) is 0.825. The van der Waals surface area contributed by atoms with Crippen LogP contribution < -0.4 is 5.73 Å². The van der Waals surface area contributed by atoms with E-state index in [2.05, 4.69) is 17.9 Å². The molecule has 1 aliphatic heterocycles. The van der Waals surface area contributed by atoms with Crippen molar-refractivity contribution in [3.05, 3.63) is 34.9 Å². The minimum Gasteiger partial charge on any atom is -0.328 e. The first-order valence-electron chi connectivity index (χ1n) is 6.38. The SMILES string of the molecule is C[C@](CN)(c1ccccc1Cl)N1CCCCC1. The number of likely N-dealkylation sites (tertiary alicyclic amines) is 1. The Morgan fingerprint density at radius 3 is 2.47 bits per heavy atom. The predicted octanol–water partition coefficient (Wildman–Crippen LogP) is 3.00. The van der Waals surface area contributed by atoms with E-state index in [0.717, 1.165) is 23.7 Å². The smallest absolute Gasteiger partial charge is 0.0569 e. The summed E-state index contributed by atoms with van der Waals surface area (Å²) in [6, 6.07) is 8.07. The Morgan fingerprint density at radius 2 is 1.88 bits per heavy atom. The van der Waals surface area contributed by atoms with Crippen molar-refractivity contribution < 1.29 is 0 Å². The molecule has 94 valence electrons. The second kappa shape index (κ2) is 5.38. The summed E-state index contributed by atoms with van der Waals surface area (Å²) >= 11 is 6.32. The van der Waals surface area contributed by atoms with Gasteiger partial charge in [0.15, 0.2) is 0 Å². The predicted molar refractivity (Wildman–Crippen MR) is 73.3 cm³/mol. The van der Waals surface area contributed by atoms with Crippen LogP contribution in [-0.4, -0.2) is 24.5 Å². The van der Waals surface area contributed by atoms with Gasteiger partial charge in [0.1, 0.15) is 0 Å². The second-order valence-corrected chi connectivity index (χ2v) is 5.41. The molecule has 0 bridgehead atoms. The van der Waals surface area contributed by atoms with Crippen molar-refractivity contribution in [1.82, 2.24) is 4.90 Å². The average Bonchev–Trinajstić information content (AvgIpc) is 2.39. The van der Waals surface area contributed by atoms with E-state index in [1.807, 2.05) is 18.2 Å². The normalized spacial score (nSPS) is 21.1. The molecule has 0 aliphatic carbocycles. The third kappa shape index (κ3) is 2.49. The lowest BCUT2D eigenvalue weighted by molar-refractivity contribution is 0.0856. The molecule has 1 aromatic rings. The Bertz CT molecular complexity index is 374. The quantitative estimate of drug-likeness (QED) is 0.896. The number of nitrogens with two attached hydrogens (primary N) is 1. The zero-order valence-electron chi connectivity index (χ0n) is 10.5. The number of hydrogen-bond donors (Lipinski definition) is 1. The van der Waals surface area contributed by atoms with Crippen LogP contribution in [0.1, 0.15) is 31.7 Å². The Labute approximate surface area is 109 Å². The van der Waals surface area contributed by atoms with Gasteiger partial charge in [-0.2, -0.15) is 0 Å². The summed E-state index contributed by atoms with van der Waals surface area (Å²) in [7, 11) is 0. The molecule has 3 heteroatoms. The fraction of sp³-hybridized carbons (Fsp3) is 0.571. The Balaban J connectivity index is 2.32. The molecule has 1 saturated heterocycles. The first-order chi connectivity index (χ1) is 8.18. The second-order valence-electron chi connectivity index (χ2n) is 5.01. The van der Waals surface area contributed by atoms with Crippen LogP contribution in [0.4, 0.5) is 0 Å². The molecule has 1 atom stereocenters. The number of benzene rings is 1. The fourth-order valence-corrected chi connectivity index (χ4v) is 3.03. The van der Waals surface area contributed by atoms with E-state index in [4.69, 9.17) is 17.3 Å². The van der Waals surface area contributed by atoms with Gasteiger partial charge in [0, 0.05) is 11.6 Å². The summed E-state index contributed by atoms with van der Waals surface area (Å²) in [5.41, 5.74) is 7.07. The highest BCUT2D eigenvalue weighted by Gasteiger charge is 2.34. The van der Waals surface area contributed by atoms with Crippen LogP contribution >= 0.6 is 11.6 Å². The maximum Gasteiger partial charge on any atom is 0.0569 e. The summed E-state index contributed by atoms with van der Waals surface area (Å²) in [6.07, 6.45) is 3.86. The lowest BCUT2D eigenvalue weighted by atomic mass is 9.88. The van der Waals surface area contributed by atoms with Gasteiger partial charge in [-0.3, -0.25) is 4.90 Å². The third-order valence-corrected chi connectivity index (χ3v) is 4.24. The van der Waals surface area contributed by atoms with Gasteiger partial charge in [-0.15, -0.1) is 0 Å². The van der Waals surface area contributed by atoms with E-state index >= 15 is 0 Å². The van der Waals surface area contributed by atoms with E-state index in [0.29, 0.717) is 6.54 Å². The summed E-state index contributed by atoms with van der Waals surface area (Å²) in [5.74, 6) is 0. The van der Waals surface area contributed by atoms with Crippen molar-refractivity contribution in [3.63, 3.8) is 0 Å². The van der Waals surface area contributed by atoms with Crippen LogP contribution in [0.25, 0.3) is 0 Å². The largest absolute Gasteiger partial charge is 0.328 e. The van der Waals surface area contributed by atoms with Gasteiger partial charge in [0.25, 0.3) is 0 Å². The zero-order chi connectivity index (χ0) is 12.3. The summed E-state index contributed by atoms with van der Waals surface area (Å²) in [6.45, 7) is 5.06. The van der Waals surface area contributed by atoms with Gasteiger partial charge in [-0.25, -0.2) is 0 Å². The van der Waals surface area contributed by atoms with Crippen molar-refractivity contribution in [3.8, 4) is 0 Å². The molecule has 0 saturated carbocycles. The molecule has 17 heavy (non-hydrogen) atoms. The number of piperidine rings is 1. The van der Waals surface area contributed by atoms with E-state index in [1.54, 1.807) is 0 Å². The molecule has 0 aromatic heterocycles. The van der Waals surface area contributed by atoms with Crippen LogP contribution in [0.5, 0.6) is 0 Å². The van der Waals surface area contributed by atoms with Gasteiger partial charge in [-0.05, 0) is 44.5 Å². The molecule has 2 rings (SSSR count). The minimum absolute atomic E-state index is 0.126. The first-order valence-corrected chi connectivity index (χ1v) is 6.76. The molecule has 0 unspecified atom stereocenters. The van der Waals surface area contributed by atoms with Crippen molar-refractivity contribution in [1.29, 1.82) is 0 Å². The third-order valence-electron chi connectivity index (χ3n) is 3.91. The Hall–Kier alpha value is -0.570. The lowest BCUT2D eigenvalue weighted by Crippen LogP contribution is -2.51. The van der Waals surface area contributed by atoms with Gasteiger partial charge >= 0.3 is 0 Å². The molecule has 1 fully saturated rings. The van der Waals surface area contributed by atoms with Crippen molar-refractivity contribution in [2.75, 3.05) is 19.6 Å². The molecular weight excluding hydrogens is 232 g/mol. The maximum absolute atomic E-state index is 6.32. The van der Waals surface area contributed by atoms with E-state index in [1.165, 1.54) is 19.3 Å². The van der Waals surface area contributed by atoms with Crippen molar-refractivity contribution in [2.24, 2.45) is 5.73 Å². The number of halogens is 1. The monoisotopic (exact) mass is 252 g/mol. The topological polar surface area (TPSA) is 29.3 Å². The molecule has 1 heterocycles. The van der Waals surface area contributed by atoms with E-state index in [-0.39, 0.29) is 5.54 Å². The highest BCUT2D eigenvalue weighted by atomic mass is 35.5. The number of rotatable bonds is 3. The molecule has 0 radical (unpaired) electrons. The molecule has 2 nitrogen and oxygen atoms in total. The summed E-state index contributed by atoms with van der Waals surface area (Å²) in [4.78, 5) is 2.48. The maximum atomic E-state index is 6.32. The van der Waals surface area contributed by atoms with Gasteiger partial charge in [-0.1, -0.05) is 36.2 Å². The van der Waals surface area contributed by atoms with Crippen LogP contribution in [-0.2, 0) is 5.54 Å². The Kier molecular flexibility index (Phi) is 4.08. The average molecular weight is 253 g/mol. The minimum atomic E-state index is -0.126. The fourth-order valence-electron chi connectivity index (χ4n) is 2.69. The molecule has 1 aromatic carbocycles. The molecule has 0 spiro atoms. The van der Waals surface area contributed by atoms with E-state index < -0.39 is 0 Å². The van der Waals surface area contributed by atoms with Gasteiger partial charge < -0.3 is 5.73 Å². The molecule has 0 amide bonds. The van der Waals surface area contributed by atoms with E-state index in [9.17, 15) is 0 Å². The highest BCUT2D eigenvalue weighted by molar-refractivity contribution is 6.31.